The van der Waals surface area contributed by atoms with Gasteiger partial charge in [0.25, 0.3) is 5.91 Å². The molecule has 2 aromatic rings. The average molecular weight is 477 g/mol. The van der Waals surface area contributed by atoms with Gasteiger partial charge >= 0.3 is 5.97 Å². The van der Waals surface area contributed by atoms with E-state index in [-0.39, 0.29) is 29.5 Å². The molecule has 1 aromatic heterocycles. The van der Waals surface area contributed by atoms with Crippen LogP contribution in [0, 0.1) is 0 Å². The van der Waals surface area contributed by atoms with E-state index < -0.39 is 5.97 Å². The molecule has 1 aliphatic rings. The van der Waals surface area contributed by atoms with E-state index in [1.165, 1.54) is 30.0 Å². The molecule has 2 heterocycles. The van der Waals surface area contributed by atoms with E-state index in [0.29, 0.717) is 34.3 Å². The lowest BCUT2D eigenvalue weighted by Gasteiger charge is -2.14. The van der Waals surface area contributed by atoms with E-state index in [4.69, 9.17) is 17.3 Å². The summed E-state index contributed by atoms with van der Waals surface area (Å²) in [4.78, 5) is 38.9. The molecule has 0 unspecified atom stereocenters. The van der Waals surface area contributed by atoms with Gasteiger partial charge in [0, 0.05) is 23.5 Å². The van der Waals surface area contributed by atoms with Crippen molar-refractivity contribution in [2.24, 2.45) is 0 Å². The first-order valence-corrected chi connectivity index (χ1v) is 11.6. The van der Waals surface area contributed by atoms with Crippen LogP contribution < -0.4 is 5.32 Å². The van der Waals surface area contributed by atoms with E-state index in [9.17, 15) is 19.5 Å². The first-order chi connectivity index (χ1) is 14.8. The predicted molar refractivity (Wildman–Crippen MR) is 126 cm³/mol. The Labute approximate surface area is 192 Å². The molecule has 3 N–H and O–H groups in total. The molecule has 3 rings (SSSR count). The van der Waals surface area contributed by atoms with Crippen LogP contribution in [0.4, 0.5) is 5.69 Å². The van der Waals surface area contributed by atoms with Crippen molar-refractivity contribution >= 4 is 69.2 Å². The number of carboxylic acids is 1. The predicted octanol–water partition coefficient (Wildman–Crippen LogP) is 4.55. The van der Waals surface area contributed by atoms with Crippen LogP contribution in [0.1, 0.15) is 40.9 Å². The number of thioether (sulfide) groups is 1. The summed E-state index contributed by atoms with van der Waals surface area (Å²) in [6.45, 7) is 0.508. The quantitative estimate of drug-likeness (QED) is 0.211. The molecule has 0 bridgehead atoms. The number of unbranched alkanes of at least 4 members (excludes halogenated alkanes) is 2. The van der Waals surface area contributed by atoms with Crippen LogP contribution in [0.3, 0.4) is 0 Å². The lowest BCUT2D eigenvalue weighted by Crippen LogP contribution is -2.29. The van der Waals surface area contributed by atoms with Crippen molar-refractivity contribution < 1.29 is 24.6 Å². The second-order valence-corrected chi connectivity index (χ2v) is 9.40. The van der Waals surface area contributed by atoms with Crippen molar-refractivity contribution in [3.63, 3.8) is 0 Å². The van der Waals surface area contributed by atoms with E-state index in [0.717, 1.165) is 11.3 Å². The maximum Gasteiger partial charge on any atom is 0.339 e. The van der Waals surface area contributed by atoms with E-state index >= 15 is 0 Å². The third-order valence-electron chi connectivity index (χ3n) is 4.49. The van der Waals surface area contributed by atoms with Gasteiger partial charge in [-0.3, -0.25) is 14.5 Å². The van der Waals surface area contributed by atoms with Gasteiger partial charge in [0.1, 0.15) is 15.6 Å². The van der Waals surface area contributed by atoms with Crippen LogP contribution in [-0.2, 0) is 9.59 Å². The molecule has 162 valence electrons. The van der Waals surface area contributed by atoms with Gasteiger partial charge < -0.3 is 15.5 Å². The minimum Gasteiger partial charge on any atom is -0.507 e. The first-order valence-electron chi connectivity index (χ1n) is 9.50. The molecule has 2 amide bonds. The first kappa shape index (κ1) is 23.0. The number of thiophene rings is 1. The minimum absolute atomic E-state index is 0.0808. The smallest absolute Gasteiger partial charge is 0.339 e. The Bertz CT molecular complexity index is 1030. The number of carboxylic acid groups (broad SMARTS) is 1. The summed E-state index contributed by atoms with van der Waals surface area (Å²) in [7, 11) is 0. The SMILES string of the molecule is O=C(CCCCCN1C(=O)/C(=C/c2cccs2)SC1=S)Nc1ccc(O)c(C(=O)O)c1. The van der Waals surface area contributed by atoms with Gasteiger partial charge in [-0.15, -0.1) is 11.3 Å². The number of hydrogen-bond donors (Lipinski definition) is 3. The molecule has 1 aliphatic heterocycles. The number of aromatic hydroxyl groups is 1. The van der Waals surface area contributed by atoms with Crippen molar-refractivity contribution in [1.82, 2.24) is 4.90 Å². The monoisotopic (exact) mass is 476 g/mol. The molecule has 7 nitrogen and oxygen atoms in total. The van der Waals surface area contributed by atoms with Crippen LogP contribution in [0.25, 0.3) is 6.08 Å². The number of nitrogens with one attached hydrogen (secondary N) is 1. The highest BCUT2D eigenvalue weighted by Crippen LogP contribution is 2.33. The summed E-state index contributed by atoms with van der Waals surface area (Å²) >= 11 is 8.20. The standard InChI is InChI=1S/C21H20N2O5S3/c24-16-8-7-13(11-15(16)20(27)28)22-18(25)6-2-1-3-9-23-19(26)17(31-21(23)29)12-14-5-4-10-30-14/h4-5,7-8,10-12,24H,1-3,6,9H2,(H,22,25)(H,27,28)/b17-12-. The Morgan fingerprint density at radius 2 is 2.00 bits per heavy atom. The van der Waals surface area contributed by atoms with Gasteiger partial charge in [-0.05, 0) is 48.6 Å². The number of benzene rings is 1. The van der Waals surface area contributed by atoms with Crippen LogP contribution in [0.15, 0.2) is 40.6 Å². The number of amides is 2. The number of carbonyl (C=O) groups is 3. The number of phenols is 1. The third kappa shape index (κ3) is 6.16. The van der Waals surface area contributed by atoms with Crippen molar-refractivity contribution in [1.29, 1.82) is 0 Å². The topological polar surface area (TPSA) is 107 Å². The zero-order chi connectivity index (χ0) is 22.4. The average Bonchev–Trinajstić information content (AvgIpc) is 3.32. The zero-order valence-corrected chi connectivity index (χ0v) is 18.8. The fourth-order valence-corrected chi connectivity index (χ4v) is 4.97. The molecule has 31 heavy (non-hydrogen) atoms. The number of thiocarbonyl (C=S) groups is 1. The third-order valence-corrected chi connectivity index (χ3v) is 6.68. The van der Waals surface area contributed by atoms with Crippen LogP contribution in [0.2, 0.25) is 0 Å². The van der Waals surface area contributed by atoms with Crippen LogP contribution in [0.5, 0.6) is 5.75 Å². The highest BCUT2D eigenvalue weighted by atomic mass is 32.2. The van der Waals surface area contributed by atoms with Gasteiger partial charge in [-0.2, -0.15) is 0 Å². The molecule has 1 fully saturated rings. The summed E-state index contributed by atoms with van der Waals surface area (Å²) in [5, 5.41) is 23.1. The Kier molecular flexibility index (Phi) is 7.83. The molecule has 0 spiro atoms. The van der Waals surface area contributed by atoms with Crippen molar-refractivity contribution in [3.8, 4) is 5.75 Å². The molecule has 0 saturated carbocycles. The maximum absolute atomic E-state index is 12.5. The fraction of sp³-hybridized carbons (Fsp3) is 0.238. The number of hydrogen-bond acceptors (Lipinski definition) is 7. The highest BCUT2D eigenvalue weighted by Gasteiger charge is 2.31. The fourth-order valence-electron chi connectivity index (χ4n) is 2.94. The maximum atomic E-state index is 12.5. The number of rotatable bonds is 9. The van der Waals surface area contributed by atoms with Crippen LogP contribution in [-0.4, -0.2) is 43.8 Å². The van der Waals surface area contributed by atoms with Gasteiger partial charge in [-0.25, -0.2) is 4.79 Å². The van der Waals surface area contributed by atoms with Gasteiger partial charge in [0.2, 0.25) is 5.91 Å². The van der Waals surface area contributed by atoms with Gasteiger partial charge in [0.15, 0.2) is 0 Å². The number of carbonyl (C=O) groups excluding carboxylic acids is 2. The normalized spacial score (nSPS) is 15.0. The second-order valence-electron chi connectivity index (χ2n) is 6.74. The lowest BCUT2D eigenvalue weighted by molar-refractivity contribution is -0.122. The molecule has 10 heteroatoms. The Morgan fingerprint density at radius 1 is 1.19 bits per heavy atom. The summed E-state index contributed by atoms with van der Waals surface area (Å²) in [6, 6.07) is 7.77. The van der Waals surface area contributed by atoms with Crippen molar-refractivity contribution in [3.05, 3.63) is 51.1 Å². The molecule has 0 radical (unpaired) electrons. The zero-order valence-electron chi connectivity index (χ0n) is 16.4. The Balaban J connectivity index is 1.41. The molecular formula is C21H20N2O5S3. The van der Waals surface area contributed by atoms with Crippen LogP contribution >= 0.6 is 35.3 Å². The summed E-state index contributed by atoms with van der Waals surface area (Å²) in [5.74, 6) is -1.95. The van der Waals surface area contributed by atoms with E-state index in [1.54, 1.807) is 16.2 Å². The van der Waals surface area contributed by atoms with E-state index in [1.807, 2.05) is 23.6 Å². The molecule has 1 aromatic carbocycles. The van der Waals surface area contributed by atoms with Gasteiger partial charge in [0.05, 0.1) is 4.91 Å². The van der Waals surface area contributed by atoms with Crippen molar-refractivity contribution in [2.45, 2.75) is 25.7 Å². The molecule has 0 aliphatic carbocycles. The summed E-state index contributed by atoms with van der Waals surface area (Å²) in [5.41, 5.74) is 0.0460. The summed E-state index contributed by atoms with van der Waals surface area (Å²) in [6.07, 6.45) is 4.20. The van der Waals surface area contributed by atoms with E-state index in [2.05, 4.69) is 5.32 Å². The number of aromatic carboxylic acids is 1. The molecule has 0 atom stereocenters. The van der Waals surface area contributed by atoms with Crippen molar-refractivity contribution in [2.75, 3.05) is 11.9 Å². The number of nitrogens with zero attached hydrogens (tertiary/aromatic N) is 1. The Hall–Kier alpha value is -2.69. The second kappa shape index (κ2) is 10.6. The molecule has 1 saturated heterocycles. The Morgan fingerprint density at radius 3 is 2.71 bits per heavy atom. The molecular weight excluding hydrogens is 456 g/mol. The number of anilines is 1. The van der Waals surface area contributed by atoms with Gasteiger partial charge in [-0.1, -0.05) is 36.5 Å². The lowest BCUT2D eigenvalue weighted by atomic mass is 10.1. The largest absolute Gasteiger partial charge is 0.507 e. The summed E-state index contributed by atoms with van der Waals surface area (Å²) < 4.78 is 0.548. The highest BCUT2D eigenvalue weighted by molar-refractivity contribution is 8.26. The minimum atomic E-state index is -1.27.